The molecular formula is C20H24O2. The number of carbonyl (C=O) groups is 1. The second-order valence-corrected chi connectivity index (χ2v) is 5.55. The van der Waals surface area contributed by atoms with Crippen molar-refractivity contribution in [1.29, 1.82) is 0 Å². The molecule has 0 amide bonds. The molecule has 0 fully saturated rings. The SMILES string of the molecule is C=C/C=C(\C=C)C(=O)c1ccc(OC(C)(C)C/C=C\C)cc1. The van der Waals surface area contributed by atoms with Gasteiger partial charge in [0.1, 0.15) is 11.4 Å². The van der Waals surface area contributed by atoms with E-state index in [9.17, 15) is 4.79 Å². The summed E-state index contributed by atoms with van der Waals surface area (Å²) < 4.78 is 5.96. The van der Waals surface area contributed by atoms with E-state index < -0.39 is 0 Å². The van der Waals surface area contributed by atoms with E-state index in [1.165, 1.54) is 6.08 Å². The first kappa shape index (κ1) is 17.7. The maximum atomic E-state index is 12.3. The predicted octanol–water partition coefficient (Wildman–Crippen LogP) is 5.29. The lowest BCUT2D eigenvalue weighted by molar-refractivity contribution is 0.103. The molecule has 0 spiro atoms. The van der Waals surface area contributed by atoms with Crippen LogP contribution >= 0.6 is 0 Å². The fourth-order valence-corrected chi connectivity index (χ4v) is 1.97. The molecule has 1 rings (SSSR count). The average Bonchev–Trinajstić information content (AvgIpc) is 2.50. The molecule has 0 bridgehead atoms. The molecule has 0 radical (unpaired) electrons. The van der Waals surface area contributed by atoms with Gasteiger partial charge in [0.25, 0.3) is 0 Å². The average molecular weight is 296 g/mol. The summed E-state index contributed by atoms with van der Waals surface area (Å²) in [6.07, 6.45) is 9.68. The van der Waals surface area contributed by atoms with Crippen LogP contribution in [-0.4, -0.2) is 11.4 Å². The lowest BCUT2D eigenvalue weighted by atomic mass is 10.0. The van der Waals surface area contributed by atoms with Crippen LogP contribution in [0.25, 0.3) is 0 Å². The number of rotatable bonds is 8. The lowest BCUT2D eigenvalue weighted by Gasteiger charge is -2.25. The van der Waals surface area contributed by atoms with Gasteiger partial charge in [-0.1, -0.05) is 43.5 Å². The maximum absolute atomic E-state index is 12.3. The largest absolute Gasteiger partial charge is 0.488 e. The highest BCUT2D eigenvalue weighted by Gasteiger charge is 2.18. The minimum atomic E-state index is -0.285. The maximum Gasteiger partial charge on any atom is 0.193 e. The first-order valence-electron chi connectivity index (χ1n) is 7.33. The highest BCUT2D eigenvalue weighted by molar-refractivity contribution is 6.10. The van der Waals surface area contributed by atoms with Crippen LogP contribution in [0.2, 0.25) is 0 Å². The summed E-state index contributed by atoms with van der Waals surface area (Å²) in [6, 6.07) is 7.17. The molecule has 0 aliphatic heterocycles. The fourth-order valence-electron chi connectivity index (χ4n) is 1.97. The molecule has 2 heteroatoms. The second kappa shape index (κ2) is 8.18. The third-order valence-electron chi connectivity index (χ3n) is 3.14. The van der Waals surface area contributed by atoms with E-state index in [0.29, 0.717) is 11.1 Å². The molecule has 0 saturated carbocycles. The highest BCUT2D eigenvalue weighted by Crippen LogP contribution is 2.22. The Kier molecular flexibility index (Phi) is 6.58. The second-order valence-electron chi connectivity index (χ2n) is 5.55. The number of allylic oxidation sites excluding steroid dienone is 5. The van der Waals surface area contributed by atoms with Crippen molar-refractivity contribution in [3.63, 3.8) is 0 Å². The van der Waals surface area contributed by atoms with Gasteiger partial charge in [-0.3, -0.25) is 4.79 Å². The zero-order valence-corrected chi connectivity index (χ0v) is 13.6. The molecular weight excluding hydrogens is 272 g/mol. The van der Waals surface area contributed by atoms with Crippen LogP contribution in [0.3, 0.4) is 0 Å². The van der Waals surface area contributed by atoms with E-state index in [2.05, 4.69) is 19.2 Å². The minimum Gasteiger partial charge on any atom is -0.488 e. The number of ketones is 1. The Balaban J connectivity index is 2.87. The Morgan fingerprint density at radius 3 is 2.36 bits per heavy atom. The highest BCUT2D eigenvalue weighted by atomic mass is 16.5. The van der Waals surface area contributed by atoms with E-state index in [-0.39, 0.29) is 11.4 Å². The summed E-state index contributed by atoms with van der Waals surface area (Å²) in [5.74, 6) is 0.675. The van der Waals surface area contributed by atoms with Crippen molar-refractivity contribution in [3.8, 4) is 5.75 Å². The van der Waals surface area contributed by atoms with Gasteiger partial charge in [0.2, 0.25) is 0 Å². The van der Waals surface area contributed by atoms with E-state index in [1.807, 2.05) is 39.0 Å². The van der Waals surface area contributed by atoms with Crippen molar-refractivity contribution in [1.82, 2.24) is 0 Å². The Hall–Kier alpha value is -2.35. The first-order chi connectivity index (χ1) is 10.4. The molecule has 0 aromatic heterocycles. The van der Waals surface area contributed by atoms with Crippen molar-refractivity contribution < 1.29 is 9.53 Å². The Bertz CT molecular complexity index is 587. The van der Waals surface area contributed by atoms with Crippen LogP contribution < -0.4 is 4.74 Å². The molecule has 1 aromatic rings. The molecule has 1 aromatic carbocycles. The number of Topliss-reactive ketones (excluding diaryl/α,β-unsaturated/α-hetero) is 1. The van der Waals surface area contributed by atoms with E-state index in [1.54, 1.807) is 24.3 Å². The molecule has 116 valence electrons. The minimum absolute atomic E-state index is 0.0744. The molecule has 0 unspecified atom stereocenters. The monoisotopic (exact) mass is 296 g/mol. The van der Waals surface area contributed by atoms with Crippen LogP contribution in [0.15, 0.2) is 73.4 Å². The van der Waals surface area contributed by atoms with Gasteiger partial charge in [-0.2, -0.15) is 0 Å². The topological polar surface area (TPSA) is 26.3 Å². The molecule has 2 nitrogen and oxygen atoms in total. The van der Waals surface area contributed by atoms with Crippen molar-refractivity contribution in [3.05, 3.63) is 78.9 Å². The molecule has 0 N–H and O–H groups in total. The van der Waals surface area contributed by atoms with E-state index >= 15 is 0 Å². The van der Waals surface area contributed by atoms with Crippen LogP contribution in [0.5, 0.6) is 5.75 Å². The van der Waals surface area contributed by atoms with Gasteiger partial charge in [0.05, 0.1) is 0 Å². The Labute approximate surface area is 133 Å². The van der Waals surface area contributed by atoms with Crippen molar-refractivity contribution in [2.75, 3.05) is 0 Å². The molecule has 0 aliphatic rings. The summed E-state index contributed by atoms with van der Waals surface area (Å²) in [5, 5.41) is 0. The Morgan fingerprint density at radius 1 is 1.23 bits per heavy atom. The quantitative estimate of drug-likeness (QED) is 0.282. The van der Waals surface area contributed by atoms with Crippen LogP contribution in [-0.2, 0) is 0 Å². The van der Waals surface area contributed by atoms with E-state index in [4.69, 9.17) is 4.74 Å². The summed E-state index contributed by atoms with van der Waals surface area (Å²) >= 11 is 0. The molecule has 0 heterocycles. The number of benzene rings is 1. The summed E-state index contributed by atoms with van der Waals surface area (Å²) in [4.78, 5) is 12.3. The number of hydrogen-bond acceptors (Lipinski definition) is 2. The van der Waals surface area contributed by atoms with Gasteiger partial charge in [0.15, 0.2) is 5.78 Å². The van der Waals surface area contributed by atoms with Crippen molar-refractivity contribution in [2.45, 2.75) is 32.8 Å². The molecule has 0 atom stereocenters. The van der Waals surface area contributed by atoms with Gasteiger partial charge in [-0.25, -0.2) is 0 Å². The molecule has 22 heavy (non-hydrogen) atoms. The summed E-state index contributed by atoms with van der Waals surface area (Å²) in [5.41, 5.74) is 0.844. The summed E-state index contributed by atoms with van der Waals surface area (Å²) in [7, 11) is 0. The van der Waals surface area contributed by atoms with Gasteiger partial charge in [0, 0.05) is 17.6 Å². The fraction of sp³-hybridized carbons (Fsp3) is 0.250. The Morgan fingerprint density at radius 2 is 1.86 bits per heavy atom. The third kappa shape index (κ3) is 5.21. The zero-order chi connectivity index (χ0) is 16.6. The van der Waals surface area contributed by atoms with Gasteiger partial charge in [-0.05, 0) is 45.0 Å². The summed E-state index contributed by atoms with van der Waals surface area (Å²) in [6.45, 7) is 13.3. The van der Waals surface area contributed by atoms with Crippen LogP contribution in [0, 0.1) is 0 Å². The third-order valence-corrected chi connectivity index (χ3v) is 3.14. The van der Waals surface area contributed by atoms with Crippen LogP contribution in [0.4, 0.5) is 0 Å². The normalized spacial score (nSPS) is 12.2. The molecule has 0 saturated heterocycles. The zero-order valence-electron chi connectivity index (χ0n) is 13.6. The number of carbonyl (C=O) groups excluding carboxylic acids is 1. The lowest BCUT2D eigenvalue weighted by Crippen LogP contribution is -2.27. The number of ether oxygens (including phenoxy) is 1. The smallest absolute Gasteiger partial charge is 0.193 e. The predicted molar refractivity (Wildman–Crippen MR) is 93.4 cm³/mol. The van der Waals surface area contributed by atoms with Gasteiger partial charge >= 0.3 is 0 Å². The standard InChI is InChI=1S/C20H24O2/c1-6-9-15-20(4,5)22-18-13-11-17(12-14-18)19(21)16(8-3)10-7-2/h6-14H,2-3,15H2,1,4-5H3/b9-6-,16-10+. The van der Waals surface area contributed by atoms with Crippen molar-refractivity contribution in [2.24, 2.45) is 0 Å². The first-order valence-corrected chi connectivity index (χ1v) is 7.33. The number of hydrogen-bond donors (Lipinski definition) is 0. The van der Waals surface area contributed by atoms with Gasteiger partial charge < -0.3 is 4.74 Å². The van der Waals surface area contributed by atoms with Gasteiger partial charge in [-0.15, -0.1) is 0 Å². The molecule has 0 aliphatic carbocycles. The van der Waals surface area contributed by atoms with Crippen molar-refractivity contribution >= 4 is 5.78 Å². The van der Waals surface area contributed by atoms with E-state index in [0.717, 1.165) is 12.2 Å². The van der Waals surface area contributed by atoms with Crippen LogP contribution in [0.1, 0.15) is 37.6 Å².